The molecule has 0 fully saturated rings. The van der Waals surface area contributed by atoms with Crippen LogP contribution in [0, 0.1) is 0 Å². The predicted molar refractivity (Wildman–Crippen MR) is 64.1 cm³/mol. The third-order valence-corrected chi connectivity index (χ3v) is 2.20. The highest BCUT2D eigenvalue weighted by atomic mass is 15.1. The van der Waals surface area contributed by atoms with E-state index in [2.05, 4.69) is 21.7 Å². The predicted octanol–water partition coefficient (Wildman–Crippen LogP) is 2.00. The van der Waals surface area contributed by atoms with E-state index in [0.717, 1.165) is 31.0 Å². The number of rotatable bonds is 4. The molecule has 0 atom stereocenters. The molecule has 1 aromatic carbocycles. The van der Waals surface area contributed by atoms with Crippen molar-refractivity contribution in [1.82, 2.24) is 5.32 Å². The monoisotopic (exact) mass is 201 g/mol. The fraction of sp³-hybridized carbons (Fsp3) is 0.250. The lowest BCUT2D eigenvalue weighted by molar-refractivity contribution is 0.955. The molecule has 0 saturated carbocycles. The molecule has 15 heavy (non-hydrogen) atoms. The second kappa shape index (κ2) is 5.20. The van der Waals surface area contributed by atoms with Crippen LogP contribution in [0.15, 0.2) is 47.6 Å². The highest BCUT2D eigenvalue weighted by Gasteiger charge is 2.00. The highest BCUT2D eigenvalue weighted by molar-refractivity contribution is 5.84. The lowest BCUT2D eigenvalue weighted by Gasteiger charge is -1.99. The zero-order chi connectivity index (χ0) is 10.3. The van der Waals surface area contributed by atoms with Gasteiger partial charge in [0.15, 0.2) is 0 Å². The van der Waals surface area contributed by atoms with Gasteiger partial charge in [-0.25, -0.2) is 0 Å². The lowest BCUT2D eigenvalue weighted by Crippen LogP contribution is -2.17. The maximum absolute atomic E-state index is 4.31. The summed E-state index contributed by atoms with van der Waals surface area (Å²) in [6.07, 6.45) is 4.90. The topological polar surface area (TPSA) is 36.4 Å². The molecule has 0 radical (unpaired) electrons. The molecule has 1 aliphatic heterocycles. The van der Waals surface area contributed by atoms with Gasteiger partial charge in [-0.2, -0.15) is 0 Å². The Kier molecular flexibility index (Phi) is 3.38. The first-order chi connectivity index (χ1) is 7.45. The van der Waals surface area contributed by atoms with Gasteiger partial charge in [0.25, 0.3) is 0 Å². The summed E-state index contributed by atoms with van der Waals surface area (Å²) in [5.74, 6) is 1.08. The van der Waals surface area contributed by atoms with Crippen LogP contribution in [0.5, 0.6) is 0 Å². The first-order valence-electron chi connectivity index (χ1n) is 5.19. The van der Waals surface area contributed by atoms with Crippen molar-refractivity contribution in [3.05, 3.63) is 42.6 Å². The van der Waals surface area contributed by atoms with Crippen molar-refractivity contribution in [2.45, 2.75) is 6.42 Å². The van der Waals surface area contributed by atoms with E-state index in [-0.39, 0.29) is 0 Å². The maximum atomic E-state index is 4.31. The van der Waals surface area contributed by atoms with E-state index in [0.29, 0.717) is 0 Å². The Balaban J connectivity index is 1.76. The number of aliphatic imine (C=N–C) groups is 1. The third kappa shape index (κ3) is 3.13. The summed E-state index contributed by atoms with van der Waals surface area (Å²) in [7, 11) is 0. The molecule has 0 saturated heterocycles. The van der Waals surface area contributed by atoms with Crippen molar-refractivity contribution in [3.8, 4) is 0 Å². The Labute approximate surface area is 89.9 Å². The van der Waals surface area contributed by atoms with Crippen LogP contribution >= 0.6 is 0 Å². The van der Waals surface area contributed by atoms with Gasteiger partial charge in [-0.15, -0.1) is 0 Å². The molecule has 0 amide bonds. The van der Waals surface area contributed by atoms with Gasteiger partial charge in [0.05, 0.1) is 6.54 Å². The molecule has 1 heterocycles. The van der Waals surface area contributed by atoms with Crippen molar-refractivity contribution in [2.75, 3.05) is 18.4 Å². The molecule has 0 spiro atoms. The molecule has 78 valence electrons. The van der Waals surface area contributed by atoms with Crippen molar-refractivity contribution in [3.63, 3.8) is 0 Å². The molecule has 0 bridgehead atoms. The van der Waals surface area contributed by atoms with Gasteiger partial charge in [0, 0.05) is 18.7 Å². The smallest absolute Gasteiger partial charge is 0.100 e. The standard InChI is InChI=1S/C12H15N3/c1-2-5-11(6-3-1)13-8-4-7-12-14-9-10-15-12/h1-6,8,13H,7,9-10H2,(H,14,15). The fourth-order valence-corrected chi connectivity index (χ4v) is 1.44. The quantitative estimate of drug-likeness (QED) is 0.781. The number of nitrogens with zero attached hydrogens (tertiary/aromatic N) is 1. The van der Waals surface area contributed by atoms with E-state index >= 15 is 0 Å². The summed E-state index contributed by atoms with van der Waals surface area (Å²) in [5.41, 5.74) is 1.11. The number of para-hydroxylation sites is 1. The van der Waals surface area contributed by atoms with Crippen molar-refractivity contribution in [2.24, 2.45) is 4.99 Å². The van der Waals surface area contributed by atoms with Crippen molar-refractivity contribution < 1.29 is 0 Å². The number of amidine groups is 1. The second-order valence-electron chi connectivity index (χ2n) is 3.37. The van der Waals surface area contributed by atoms with Crippen LogP contribution in [0.3, 0.4) is 0 Å². The van der Waals surface area contributed by atoms with Gasteiger partial charge in [-0.1, -0.05) is 24.3 Å². The Hall–Kier alpha value is -1.77. The molecule has 1 aliphatic rings. The summed E-state index contributed by atoms with van der Waals surface area (Å²) < 4.78 is 0. The van der Waals surface area contributed by atoms with E-state index in [9.17, 15) is 0 Å². The van der Waals surface area contributed by atoms with E-state index in [1.54, 1.807) is 0 Å². The van der Waals surface area contributed by atoms with Crippen LogP contribution in [0.25, 0.3) is 0 Å². The number of benzene rings is 1. The molecule has 0 aliphatic carbocycles. The van der Waals surface area contributed by atoms with Crippen LogP contribution in [-0.4, -0.2) is 18.9 Å². The molecule has 0 unspecified atom stereocenters. The Bertz CT molecular complexity index is 354. The molecule has 3 heteroatoms. The minimum atomic E-state index is 0.875. The van der Waals surface area contributed by atoms with Crippen LogP contribution in [0.1, 0.15) is 6.42 Å². The van der Waals surface area contributed by atoms with Gasteiger partial charge in [-0.3, -0.25) is 4.99 Å². The van der Waals surface area contributed by atoms with Gasteiger partial charge < -0.3 is 10.6 Å². The van der Waals surface area contributed by atoms with E-state index in [1.165, 1.54) is 0 Å². The highest BCUT2D eigenvalue weighted by Crippen LogP contribution is 2.04. The van der Waals surface area contributed by atoms with Crippen LogP contribution in [-0.2, 0) is 0 Å². The van der Waals surface area contributed by atoms with Crippen LogP contribution in [0.2, 0.25) is 0 Å². The second-order valence-corrected chi connectivity index (χ2v) is 3.37. The number of hydrogen-bond acceptors (Lipinski definition) is 3. The summed E-state index contributed by atoms with van der Waals surface area (Å²) >= 11 is 0. The molecule has 2 rings (SSSR count). The average molecular weight is 201 g/mol. The van der Waals surface area contributed by atoms with Crippen molar-refractivity contribution in [1.29, 1.82) is 0 Å². The Morgan fingerprint density at radius 2 is 2.20 bits per heavy atom. The molecular weight excluding hydrogens is 186 g/mol. The zero-order valence-electron chi connectivity index (χ0n) is 8.61. The fourth-order valence-electron chi connectivity index (χ4n) is 1.44. The first kappa shape index (κ1) is 9.77. The van der Waals surface area contributed by atoms with Gasteiger partial charge in [-0.05, 0) is 18.3 Å². The SMILES string of the molecule is C(=CNc1ccccc1)CC1=NCCN1. The first-order valence-corrected chi connectivity index (χ1v) is 5.19. The lowest BCUT2D eigenvalue weighted by atomic mass is 10.3. The Morgan fingerprint density at radius 3 is 2.93 bits per heavy atom. The minimum absolute atomic E-state index is 0.875. The summed E-state index contributed by atoms with van der Waals surface area (Å²) in [6, 6.07) is 10.1. The summed E-state index contributed by atoms with van der Waals surface area (Å²) in [5, 5.41) is 6.43. The van der Waals surface area contributed by atoms with Gasteiger partial charge in [0.1, 0.15) is 5.84 Å². The number of anilines is 1. The van der Waals surface area contributed by atoms with E-state index in [1.807, 2.05) is 36.5 Å². The van der Waals surface area contributed by atoms with Gasteiger partial charge >= 0.3 is 0 Å². The average Bonchev–Trinajstić information content (AvgIpc) is 2.79. The van der Waals surface area contributed by atoms with Gasteiger partial charge in [0.2, 0.25) is 0 Å². The molecule has 0 aromatic heterocycles. The number of hydrogen-bond donors (Lipinski definition) is 2. The number of nitrogens with one attached hydrogen (secondary N) is 2. The maximum Gasteiger partial charge on any atom is 0.100 e. The minimum Gasteiger partial charge on any atom is -0.372 e. The summed E-state index contributed by atoms with van der Waals surface area (Å²) in [4.78, 5) is 4.31. The molecule has 3 nitrogen and oxygen atoms in total. The van der Waals surface area contributed by atoms with Crippen LogP contribution in [0.4, 0.5) is 5.69 Å². The third-order valence-electron chi connectivity index (χ3n) is 2.20. The zero-order valence-corrected chi connectivity index (χ0v) is 8.61. The van der Waals surface area contributed by atoms with E-state index < -0.39 is 0 Å². The molecule has 1 aromatic rings. The largest absolute Gasteiger partial charge is 0.372 e. The molecule has 2 N–H and O–H groups in total. The normalized spacial score (nSPS) is 15.1. The summed E-state index contributed by atoms with van der Waals surface area (Å²) in [6.45, 7) is 1.89. The van der Waals surface area contributed by atoms with Crippen molar-refractivity contribution >= 4 is 11.5 Å². The molecular formula is C12H15N3. The van der Waals surface area contributed by atoms with E-state index in [4.69, 9.17) is 0 Å². The Morgan fingerprint density at radius 1 is 1.33 bits per heavy atom. The van der Waals surface area contributed by atoms with Crippen LogP contribution < -0.4 is 10.6 Å².